The number of nitrogens with one attached hydrogen (secondary N) is 2. The molecule has 0 aliphatic heterocycles. The Morgan fingerprint density at radius 2 is 2.10 bits per heavy atom. The quantitative estimate of drug-likeness (QED) is 0.750. The average Bonchev–Trinajstić information content (AvgIpc) is 2.41. The van der Waals surface area contributed by atoms with Gasteiger partial charge in [0, 0.05) is 18.3 Å². The zero-order valence-corrected chi connectivity index (χ0v) is 12.6. The summed E-state index contributed by atoms with van der Waals surface area (Å²) in [6.07, 6.45) is 0.149. The van der Waals surface area contributed by atoms with Crippen LogP contribution in [0.3, 0.4) is 0 Å². The summed E-state index contributed by atoms with van der Waals surface area (Å²) in [4.78, 5) is 11.8. The highest BCUT2D eigenvalue weighted by molar-refractivity contribution is 5.90. The fourth-order valence-corrected chi connectivity index (χ4v) is 1.70. The summed E-state index contributed by atoms with van der Waals surface area (Å²) in [6.45, 7) is 6.25. The third kappa shape index (κ3) is 5.09. The van der Waals surface area contributed by atoms with Crippen molar-refractivity contribution in [1.82, 2.24) is 5.32 Å². The van der Waals surface area contributed by atoms with E-state index >= 15 is 0 Å². The fraction of sp³-hybridized carbons (Fsp3) is 0.533. The van der Waals surface area contributed by atoms with Crippen molar-refractivity contribution < 1.29 is 14.6 Å². The zero-order valence-electron chi connectivity index (χ0n) is 12.6. The van der Waals surface area contributed by atoms with Gasteiger partial charge in [-0.15, -0.1) is 0 Å². The molecule has 1 atom stereocenters. The van der Waals surface area contributed by atoms with Crippen LogP contribution >= 0.6 is 0 Å². The van der Waals surface area contributed by atoms with E-state index in [1.807, 2.05) is 32.9 Å². The topological polar surface area (TPSA) is 70.6 Å². The Morgan fingerprint density at radius 1 is 1.40 bits per heavy atom. The molecule has 112 valence electrons. The Balaban J connectivity index is 2.46. The number of rotatable bonds is 6. The van der Waals surface area contributed by atoms with Crippen molar-refractivity contribution in [1.29, 1.82) is 0 Å². The first-order chi connectivity index (χ1) is 9.43. The smallest absolute Gasteiger partial charge is 0.319 e. The lowest BCUT2D eigenvalue weighted by atomic mass is 10.0. The molecule has 20 heavy (non-hydrogen) atoms. The van der Waals surface area contributed by atoms with E-state index in [4.69, 9.17) is 4.74 Å². The number of benzene rings is 1. The number of aliphatic hydroxyl groups is 1. The van der Waals surface area contributed by atoms with Crippen LogP contribution < -0.4 is 15.4 Å². The Kier molecular flexibility index (Phi) is 6.31. The van der Waals surface area contributed by atoms with Crippen LogP contribution in [0.1, 0.15) is 25.8 Å². The number of amides is 2. The first kappa shape index (κ1) is 16.3. The number of anilines is 1. The van der Waals surface area contributed by atoms with E-state index in [1.54, 1.807) is 13.2 Å². The van der Waals surface area contributed by atoms with E-state index in [0.717, 1.165) is 5.56 Å². The number of urea groups is 1. The predicted molar refractivity (Wildman–Crippen MR) is 80.2 cm³/mol. The number of aliphatic hydroxyl groups excluding tert-OH is 1. The van der Waals surface area contributed by atoms with Crippen molar-refractivity contribution in [2.45, 2.75) is 33.3 Å². The van der Waals surface area contributed by atoms with Crippen LogP contribution in [0.15, 0.2) is 18.2 Å². The standard InChI is InChI=1S/C15H24N2O3/c1-10(2)14(18)7-8-16-15(19)17-13-9-12(20-4)6-5-11(13)3/h5-6,9-10,14,18H,7-8H2,1-4H3,(H2,16,17,19). The maximum absolute atomic E-state index is 11.8. The van der Waals surface area contributed by atoms with Crippen LogP contribution in [0, 0.1) is 12.8 Å². The molecule has 0 bridgehead atoms. The summed E-state index contributed by atoms with van der Waals surface area (Å²) in [5, 5.41) is 15.2. The summed E-state index contributed by atoms with van der Waals surface area (Å²) in [5.74, 6) is 0.890. The minimum absolute atomic E-state index is 0.195. The van der Waals surface area contributed by atoms with Gasteiger partial charge in [-0.3, -0.25) is 0 Å². The van der Waals surface area contributed by atoms with Crippen LogP contribution in [0.25, 0.3) is 0 Å². The van der Waals surface area contributed by atoms with Crippen molar-refractivity contribution in [3.63, 3.8) is 0 Å². The maximum atomic E-state index is 11.8. The van der Waals surface area contributed by atoms with Gasteiger partial charge >= 0.3 is 6.03 Å². The molecule has 0 spiro atoms. The minimum atomic E-state index is -0.395. The first-order valence-electron chi connectivity index (χ1n) is 6.81. The van der Waals surface area contributed by atoms with E-state index in [-0.39, 0.29) is 11.9 Å². The summed E-state index contributed by atoms with van der Waals surface area (Å²) in [6, 6.07) is 5.23. The van der Waals surface area contributed by atoms with Gasteiger partial charge in [0.15, 0.2) is 0 Å². The molecule has 0 aliphatic rings. The molecule has 0 radical (unpaired) electrons. The molecule has 5 nitrogen and oxygen atoms in total. The van der Waals surface area contributed by atoms with Gasteiger partial charge in [-0.05, 0) is 30.9 Å². The number of hydrogen-bond acceptors (Lipinski definition) is 3. The maximum Gasteiger partial charge on any atom is 0.319 e. The van der Waals surface area contributed by atoms with Crippen molar-refractivity contribution >= 4 is 11.7 Å². The number of ether oxygens (including phenoxy) is 1. The summed E-state index contributed by atoms with van der Waals surface area (Å²) in [7, 11) is 1.59. The zero-order chi connectivity index (χ0) is 15.1. The molecule has 0 aliphatic carbocycles. The molecule has 0 saturated carbocycles. The summed E-state index contributed by atoms with van der Waals surface area (Å²) in [5.41, 5.74) is 1.68. The van der Waals surface area contributed by atoms with Crippen molar-refractivity contribution in [2.24, 2.45) is 5.92 Å². The van der Waals surface area contributed by atoms with Gasteiger partial charge in [0.1, 0.15) is 5.75 Å². The van der Waals surface area contributed by atoms with E-state index in [9.17, 15) is 9.90 Å². The van der Waals surface area contributed by atoms with Crippen molar-refractivity contribution in [2.75, 3.05) is 19.0 Å². The second-order valence-electron chi connectivity index (χ2n) is 5.16. The molecule has 1 aromatic rings. The molecule has 0 saturated heterocycles. The summed E-state index contributed by atoms with van der Waals surface area (Å²) < 4.78 is 5.13. The normalized spacial score (nSPS) is 12.1. The molecule has 1 unspecified atom stereocenters. The third-order valence-corrected chi connectivity index (χ3v) is 3.19. The molecular formula is C15H24N2O3. The molecule has 1 aromatic carbocycles. The lowest BCUT2D eigenvalue weighted by Gasteiger charge is -2.15. The molecule has 5 heteroatoms. The van der Waals surface area contributed by atoms with Gasteiger partial charge < -0.3 is 20.5 Å². The highest BCUT2D eigenvalue weighted by Crippen LogP contribution is 2.21. The second-order valence-corrected chi connectivity index (χ2v) is 5.16. The number of carbonyl (C=O) groups excluding carboxylic acids is 1. The molecule has 0 aromatic heterocycles. The van der Waals surface area contributed by atoms with E-state index in [0.29, 0.717) is 24.4 Å². The van der Waals surface area contributed by atoms with Crippen molar-refractivity contribution in [3.8, 4) is 5.75 Å². The highest BCUT2D eigenvalue weighted by Gasteiger charge is 2.10. The van der Waals surface area contributed by atoms with Crippen LogP contribution in [0.4, 0.5) is 10.5 Å². The monoisotopic (exact) mass is 280 g/mol. The van der Waals surface area contributed by atoms with Crippen LogP contribution in [-0.4, -0.2) is 30.9 Å². The van der Waals surface area contributed by atoms with Crippen LogP contribution in [-0.2, 0) is 0 Å². The number of carbonyl (C=O) groups is 1. The first-order valence-corrected chi connectivity index (χ1v) is 6.81. The predicted octanol–water partition coefficient (Wildman–Crippen LogP) is 2.53. The lowest BCUT2D eigenvalue weighted by Crippen LogP contribution is -2.32. The SMILES string of the molecule is COc1ccc(C)c(NC(=O)NCCC(O)C(C)C)c1. The molecule has 2 amide bonds. The second kappa shape index (κ2) is 7.75. The Bertz CT molecular complexity index is 447. The third-order valence-electron chi connectivity index (χ3n) is 3.19. The molecule has 0 heterocycles. The minimum Gasteiger partial charge on any atom is -0.497 e. The van der Waals surface area contributed by atoms with Gasteiger partial charge in [-0.2, -0.15) is 0 Å². The molecule has 3 N–H and O–H groups in total. The Morgan fingerprint density at radius 3 is 2.70 bits per heavy atom. The van der Waals surface area contributed by atoms with Gasteiger partial charge in [-0.25, -0.2) is 4.79 Å². The van der Waals surface area contributed by atoms with Gasteiger partial charge in [0.05, 0.1) is 13.2 Å². The van der Waals surface area contributed by atoms with Crippen LogP contribution in [0.5, 0.6) is 5.75 Å². The van der Waals surface area contributed by atoms with E-state index in [1.165, 1.54) is 0 Å². The van der Waals surface area contributed by atoms with Crippen LogP contribution in [0.2, 0.25) is 0 Å². The highest BCUT2D eigenvalue weighted by atomic mass is 16.5. The fourth-order valence-electron chi connectivity index (χ4n) is 1.70. The Hall–Kier alpha value is -1.75. The Labute approximate surface area is 120 Å². The molecule has 1 rings (SSSR count). The van der Waals surface area contributed by atoms with Gasteiger partial charge in [0.25, 0.3) is 0 Å². The van der Waals surface area contributed by atoms with Gasteiger partial charge in [-0.1, -0.05) is 19.9 Å². The molecular weight excluding hydrogens is 256 g/mol. The number of methoxy groups -OCH3 is 1. The largest absolute Gasteiger partial charge is 0.497 e. The lowest BCUT2D eigenvalue weighted by molar-refractivity contribution is 0.117. The summed E-state index contributed by atoms with van der Waals surface area (Å²) >= 11 is 0. The van der Waals surface area contributed by atoms with E-state index < -0.39 is 6.10 Å². The number of hydrogen-bond donors (Lipinski definition) is 3. The average molecular weight is 280 g/mol. The van der Waals surface area contributed by atoms with E-state index in [2.05, 4.69) is 10.6 Å². The van der Waals surface area contributed by atoms with Gasteiger partial charge in [0.2, 0.25) is 0 Å². The van der Waals surface area contributed by atoms with Crippen molar-refractivity contribution in [3.05, 3.63) is 23.8 Å². The molecule has 0 fully saturated rings. The number of aryl methyl sites for hydroxylation is 1.